The fourth-order valence-corrected chi connectivity index (χ4v) is 3.30. The van der Waals surface area contributed by atoms with Crippen molar-refractivity contribution < 1.29 is 0 Å². The number of benzene rings is 1. The quantitative estimate of drug-likeness (QED) is 0.864. The molecule has 1 aliphatic carbocycles. The maximum Gasteiger partial charge on any atom is 0.214 e. The van der Waals surface area contributed by atoms with Gasteiger partial charge >= 0.3 is 0 Å². The van der Waals surface area contributed by atoms with Gasteiger partial charge in [-0.15, -0.1) is 5.10 Å². The number of rotatable bonds is 6. The predicted octanol–water partition coefficient (Wildman–Crippen LogP) is 3.03. The van der Waals surface area contributed by atoms with E-state index in [1.54, 1.807) is 11.8 Å². The third-order valence-corrected chi connectivity index (χ3v) is 4.71. The maximum atomic E-state index is 4.15. The number of aromatic nitrogens is 4. The van der Waals surface area contributed by atoms with Gasteiger partial charge in [0, 0.05) is 15.9 Å². The molecule has 3 rings (SSSR count). The molecular weight excluding hydrogens is 338 g/mol. The van der Waals surface area contributed by atoms with Crippen LogP contribution >= 0.6 is 27.7 Å². The number of nitrogens with zero attached hydrogens (tertiary/aromatic N) is 4. The Labute approximate surface area is 130 Å². The van der Waals surface area contributed by atoms with E-state index in [9.17, 15) is 0 Å². The standard InChI is InChI=1S/C13H16BrN5S/c1-2-15-8-9-7-10(14)3-6-12(9)20-13-16-17-18-19(13)11-4-5-11/h3,6-7,11,15H,2,4-5,8H2,1H3. The van der Waals surface area contributed by atoms with Crippen molar-refractivity contribution in [2.24, 2.45) is 0 Å². The van der Waals surface area contributed by atoms with E-state index in [0.29, 0.717) is 6.04 Å². The highest BCUT2D eigenvalue weighted by Gasteiger charge is 2.28. The number of tetrazole rings is 1. The van der Waals surface area contributed by atoms with Crippen molar-refractivity contribution in [3.8, 4) is 0 Å². The van der Waals surface area contributed by atoms with Gasteiger partial charge in [0.25, 0.3) is 0 Å². The molecule has 5 nitrogen and oxygen atoms in total. The van der Waals surface area contributed by atoms with Gasteiger partial charge in [-0.1, -0.05) is 22.9 Å². The summed E-state index contributed by atoms with van der Waals surface area (Å²) in [7, 11) is 0. The smallest absolute Gasteiger partial charge is 0.214 e. The monoisotopic (exact) mass is 353 g/mol. The average molecular weight is 354 g/mol. The second kappa shape index (κ2) is 6.24. The lowest BCUT2D eigenvalue weighted by Gasteiger charge is -2.10. The Morgan fingerprint density at radius 1 is 1.45 bits per heavy atom. The molecular formula is C13H16BrN5S. The van der Waals surface area contributed by atoms with Gasteiger partial charge in [0.2, 0.25) is 5.16 Å². The lowest BCUT2D eigenvalue weighted by molar-refractivity contribution is 0.565. The van der Waals surface area contributed by atoms with Crippen molar-refractivity contribution in [3.63, 3.8) is 0 Å². The molecule has 0 bridgehead atoms. The van der Waals surface area contributed by atoms with Crippen LogP contribution in [0.3, 0.4) is 0 Å². The minimum absolute atomic E-state index is 0.500. The molecule has 1 saturated carbocycles. The largest absolute Gasteiger partial charge is 0.313 e. The van der Waals surface area contributed by atoms with Crippen molar-refractivity contribution >= 4 is 27.7 Å². The van der Waals surface area contributed by atoms with E-state index in [4.69, 9.17) is 0 Å². The molecule has 1 aromatic carbocycles. The second-order valence-corrected chi connectivity index (χ2v) is 6.70. The molecule has 0 spiro atoms. The molecule has 1 aliphatic rings. The zero-order valence-electron chi connectivity index (χ0n) is 11.2. The Balaban J connectivity index is 1.83. The van der Waals surface area contributed by atoms with Gasteiger partial charge in [-0.2, -0.15) is 0 Å². The first-order valence-electron chi connectivity index (χ1n) is 6.72. The van der Waals surface area contributed by atoms with Crippen molar-refractivity contribution in [3.05, 3.63) is 28.2 Å². The first-order valence-corrected chi connectivity index (χ1v) is 8.33. The van der Waals surface area contributed by atoms with Crippen LogP contribution in [0.2, 0.25) is 0 Å². The number of nitrogens with one attached hydrogen (secondary N) is 1. The first-order chi connectivity index (χ1) is 9.78. The molecule has 1 N–H and O–H groups in total. The van der Waals surface area contributed by atoms with Crippen LogP contribution in [0.1, 0.15) is 31.4 Å². The van der Waals surface area contributed by atoms with Gasteiger partial charge in [0.05, 0.1) is 6.04 Å². The SMILES string of the molecule is CCNCc1cc(Br)ccc1Sc1nnnn1C1CC1. The van der Waals surface area contributed by atoms with Gasteiger partial charge in [-0.25, -0.2) is 4.68 Å². The Hall–Kier alpha value is -0.920. The highest BCUT2D eigenvalue weighted by atomic mass is 79.9. The highest BCUT2D eigenvalue weighted by molar-refractivity contribution is 9.10. The van der Waals surface area contributed by atoms with E-state index < -0.39 is 0 Å². The summed E-state index contributed by atoms with van der Waals surface area (Å²) in [5.74, 6) is 0. The van der Waals surface area contributed by atoms with Crippen molar-refractivity contribution in [1.29, 1.82) is 0 Å². The third-order valence-electron chi connectivity index (χ3n) is 3.14. The minimum Gasteiger partial charge on any atom is -0.313 e. The Morgan fingerprint density at radius 3 is 3.05 bits per heavy atom. The number of hydrogen-bond acceptors (Lipinski definition) is 5. The molecule has 7 heteroatoms. The fourth-order valence-electron chi connectivity index (χ4n) is 1.94. The summed E-state index contributed by atoms with van der Waals surface area (Å²) < 4.78 is 3.04. The number of hydrogen-bond donors (Lipinski definition) is 1. The summed E-state index contributed by atoms with van der Waals surface area (Å²) in [5.41, 5.74) is 1.26. The molecule has 0 saturated heterocycles. The lowest BCUT2D eigenvalue weighted by atomic mass is 10.2. The van der Waals surface area contributed by atoms with Crippen molar-refractivity contribution in [2.75, 3.05) is 6.54 Å². The van der Waals surface area contributed by atoms with Gasteiger partial charge in [-0.05, 0) is 65.3 Å². The average Bonchev–Trinajstić information content (AvgIpc) is 3.19. The summed E-state index contributed by atoms with van der Waals surface area (Å²) in [6, 6.07) is 6.83. The molecule has 1 fully saturated rings. The molecule has 0 atom stereocenters. The fraction of sp³-hybridized carbons (Fsp3) is 0.462. The Bertz CT molecular complexity index is 596. The summed E-state index contributed by atoms with van der Waals surface area (Å²) in [6.45, 7) is 3.91. The summed E-state index contributed by atoms with van der Waals surface area (Å²) in [6.07, 6.45) is 2.37. The molecule has 20 heavy (non-hydrogen) atoms. The van der Waals surface area contributed by atoms with Crippen LogP contribution < -0.4 is 5.32 Å². The predicted molar refractivity (Wildman–Crippen MR) is 81.7 cm³/mol. The van der Waals surface area contributed by atoms with Crippen molar-refractivity contribution in [1.82, 2.24) is 25.5 Å². The van der Waals surface area contributed by atoms with Crippen LogP contribution in [0.5, 0.6) is 0 Å². The Kier molecular flexibility index (Phi) is 4.38. The van der Waals surface area contributed by atoms with Gasteiger partial charge in [0.1, 0.15) is 0 Å². The van der Waals surface area contributed by atoms with E-state index in [1.165, 1.54) is 23.3 Å². The van der Waals surface area contributed by atoms with Gasteiger partial charge < -0.3 is 5.32 Å². The van der Waals surface area contributed by atoms with E-state index in [-0.39, 0.29) is 0 Å². The molecule has 0 radical (unpaired) electrons. The van der Waals surface area contributed by atoms with Crippen LogP contribution in [-0.4, -0.2) is 26.8 Å². The van der Waals surface area contributed by atoms with E-state index in [1.807, 2.05) is 4.68 Å². The molecule has 0 aliphatic heterocycles. The molecule has 1 heterocycles. The van der Waals surface area contributed by atoms with Crippen molar-refractivity contribution in [2.45, 2.75) is 42.4 Å². The molecule has 106 valence electrons. The molecule has 0 amide bonds. The van der Waals surface area contributed by atoms with Crippen LogP contribution in [0.15, 0.2) is 32.7 Å². The molecule has 2 aromatic rings. The first kappa shape index (κ1) is 14.0. The summed E-state index contributed by atoms with van der Waals surface area (Å²) >= 11 is 5.17. The van der Waals surface area contributed by atoms with Crippen LogP contribution in [0.25, 0.3) is 0 Å². The zero-order chi connectivity index (χ0) is 13.9. The topological polar surface area (TPSA) is 55.6 Å². The second-order valence-electron chi connectivity index (χ2n) is 4.77. The minimum atomic E-state index is 0.500. The maximum absolute atomic E-state index is 4.15. The van der Waals surface area contributed by atoms with Gasteiger partial charge in [-0.3, -0.25) is 0 Å². The summed E-state index contributed by atoms with van der Waals surface area (Å²) in [5, 5.41) is 16.3. The molecule has 0 unspecified atom stereocenters. The van der Waals surface area contributed by atoms with Crippen LogP contribution in [0, 0.1) is 0 Å². The number of halogens is 1. The van der Waals surface area contributed by atoms with E-state index in [2.05, 4.69) is 61.9 Å². The van der Waals surface area contributed by atoms with Crippen LogP contribution in [-0.2, 0) is 6.54 Å². The van der Waals surface area contributed by atoms with E-state index >= 15 is 0 Å². The summed E-state index contributed by atoms with van der Waals surface area (Å²) in [4.78, 5) is 1.20. The Morgan fingerprint density at radius 2 is 2.30 bits per heavy atom. The van der Waals surface area contributed by atoms with E-state index in [0.717, 1.165) is 22.7 Å². The van der Waals surface area contributed by atoms with Crippen LogP contribution in [0.4, 0.5) is 0 Å². The lowest BCUT2D eigenvalue weighted by Crippen LogP contribution is -2.12. The highest BCUT2D eigenvalue weighted by Crippen LogP contribution is 2.38. The zero-order valence-corrected chi connectivity index (χ0v) is 13.6. The molecule has 1 aromatic heterocycles. The third kappa shape index (κ3) is 3.21. The van der Waals surface area contributed by atoms with Gasteiger partial charge in [0.15, 0.2) is 0 Å². The normalized spacial score (nSPS) is 14.7.